The van der Waals surface area contributed by atoms with E-state index >= 15 is 0 Å². The molecule has 1 aromatic heterocycles. The first-order chi connectivity index (χ1) is 15.5. The van der Waals surface area contributed by atoms with Crippen molar-refractivity contribution in [1.29, 1.82) is 0 Å². The molecule has 166 valence electrons. The molecule has 1 saturated heterocycles. The molecular weight excluding hydrogens is 448 g/mol. The third-order valence-electron chi connectivity index (χ3n) is 5.39. The smallest absolute Gasteiger partial charge is 0.251 e. The number of fused-ring (bicyclic) bond motifs is 1. The quantitative estimate of drug-likeness (QED) is 0.545. The number of aromatic amines is 1. The zero-order valence-electron chi connectivity index (χ0n) is 17.3. The van der Waals surface area contributed by atoms with Crippen molar-refractivity contribution < 1.29 is 14.3 Å². The highest BCUT2D eigenvalue weighted by atomic mass is 35.5. The summed E-state index contributed by atoms with van der Waals surface area (Å²) in [5.74, 6) is 0.175. The number of carbonyl (C=O) groups is 2. The fourth-order valence-corrected chi connectivity index (χ4v) is 4.84. The van der Waals surface area contributed by atoms with Crippen LogP contribution in [0.25, 0.3) is 10.9 Å². The molecule has 1 amide bonds. The van der Waals surface area contributed by atoms with E-state index in [4.69, 9.17) is 16.3 Å². The van der Waals surface area contributed by atoms with E-state index in [1.165, 1.54) is 6.07 Å². The molecule has 8 heteroatoms. The Balaban J connectivity index is 1.58. The van der Waals surface area contributed by atoms with E-state index in [2.05, 4.69) is 10.3 Å². The Morgan fingerprint density at radius 1 is 1.19 bits per heavy atom. The molecule has 0 spiro atoms. The first-order valence-corrected chi connectivity index (χ1v) is 11.8. The van der Waals surface area contributed by atoms with Crippen molar-refractivity contribution >= 4 is 45.3 Å². The Morgan fingerprint density at radius 3 is 2.72 bits per heavy atom. The SMILES string of the molecule is O=C(NC(Cc1cc(=O)[nH]c2ccccc12)C(=O)SC[C@@H]1CCCO1)c1ccc(Cl)cc1. The van der Waals surface area contributed by atoms with Crippen LogP contribution in [-0.4, -0.2) is 40.5 Å². The molecule has 6 nitrogen and oxygen atoms in total. The maximum absolute atomic E-state index is 13.1. The van der Waals surface area contributed by atoms with E-state index in [-0.39, 0.29) is 29.1 Å². The summed E-state index contributed by atoms with van der Waals surface area (Å²) in [4.78, 5) is 40.9. The number of rotatable bonds is 7. The largest absolute Gasteiger partial charge is 0.377 e. The van der Waals surface area contributed by atoms with E-state index in [0.717, 1.165) is 36.6 Å². The van der Waals surface area contributed by atoms with Gasteiger partial charge in [0.25, 0.3) is 5.91 Å². The minimum Gasteiger partial charge on any atom is -0.377 e. The van der Waals surface area contributed by atoms with Gasteiger partial charge in [0.2, 0.25) is 10.7 Å². The summed E-state index contributed by atoms with van der Waals surface area (Å²) in [5.41, 5.74) is 1.56. The maximum Gasteiger partial charge on any atom is 0.251 e. The number of benzene rings is 2. The molecule has 0 radical (unpaired) electrons. The number of thioether (sulfide) groups is 1. The molecule has 1 aliphatic heterocycles. The second-order valence-corrected chi connectivity index (χ2v) is 9.17. The van der Waals surface area contributed by atoms with Crippen molar-refractivity contribution in [1.82, 2.24) is 10.3 Å². The second-order valence-electron chi connectivity index (χ2n) is 7.71. The van der Waals surface area contributed by atoms with Gasteiger partial charge < -0.3 is 15.0 Å². The van der Waals surface area contributed by atoms with Gasteiger partial charge in [0.05, 0.1) is 6.10 Å². The van der Waals surface area contributed by atoms with Crippen LogP contribution in [0, 0.1) is 0 Å². The van der Waals surface area contributed by atoms with Gasteiger partial charge in [-0.25, -0.2) is 0 Å². The summed E-state index contributed by atoms with van der Waals surface area (Å²) in [6.45, 7) is 0.717. The molecule has 2 heterocycles. The van der Waals surface area contributed by atoms with Crippen LogP contribution in [0.4, 0.5) is 0 Å². The molecule has 1 fully saturated rings. The molecule has 2 N–H and O–H groups in total. The normalized spacial score (nSPS) is 16.7. The number of halogens is 1. The zero-order valence-corrected chi connectivity index (χ0v) is 18.9. The van der Waals surface area contributed by atoms with Gasteiger partial charge in [-0.2, -0.15) is 0 Å². The summed E-state index contributed by atoms with van der Waals surface area (Å²) in [7, 11) is 0. The number of hydrogen-bond donors (Lipinski definition) is 2. The van der Waals surface area contributed by atoms with Gasteiger partial charge >= 0.3 is 0 Å². The molecule has 4 rings (SSSR count). The first-order valence-electron chi connectivity index (χ1n) is 10.5. The lowest BCUT2D eigenvalue weighted by atomic mass is 10.0. The van der Waals surface area contributed by atoms with E-state index in [0.29, 0.717) is 27.4 Å². The van der Waals surface area contributed by atoms with E-state index in [1.807, 2.05) is 24.3 Å². The Morgan fingerprint density at radius 2 is 1.97 bits per heavy atom. The lowest BCUT2D eigenvalue weighted by Gasteiger charge is -2.19. The Hall–Kier alpha value is -2.61. The summed E-state index contributed by atoms with van der Waals surface area (Å²) >= 11 is 7.08. The van der Waals surface area contributed by atoms with Crippen molar-refractivity contribution in [3.8, 4) is 0 Å². The van der Waals surface area contributed by atoms with Crippen molar-refractivity contribution in [2.45, 2.75) is 31.4 Å². The molecule has 32 heavy (non-hydrogen) atoms. The molecule has 0 aliphatic carbocycles. The van der Waals surface area contributed by atoms with Crippen LogP contribution in [0.15, 0.2) is 59.4 Å². The highest BCUT2D eigenvalue weighted by Gasteiger charge is 2.25. The van der Waals surface area contributed by atoms with Crippen LogP contribution < -0.4 is 10.9 Å². The number of hydrogen-bond acceptors (Lipinski definition) is 5. The molecule has 3 aromatic rings. The second kappa shape index (κ2) is 10.3. The fourth-order valence-electron chi connectivity index (χ4n) is 3.75. The van der Waals surface area contributed by atoms with Gasteiger partial charge in [-0.15, -0.1) is 0 Å². The molecule has 2 aromatic carbocycles. The first kappa shape index (κ1) is 22.6. The monoisotopic (exact) mass is 470 g/mol. The lowest BCUT2D eigenvalue weighted by molar-refractivity contribution is -0.112. The van der Waals surface area contributed by atoms with Gasteiger partial charge in [-0.1, -0.05) is 41.6 Å². The molecule has 0 saturated carbocycles. The van der Waals surface area contributed by atoms with Gasteiger partial charge in [-0.3, -0.25) is 14.4 Å². The summed E-state index contributed by atoms with van der Waals surface area (Å²) < 4.78 is 5.62. The van der Waals surface area contributed by atoms with Gasteiger partial charge in [0, 0.05) is 46.3 Å². The standard InChI is InChI=1S/C24H23ClN2O4S/c25-17-9-7-15(8-10-17)23(29)27-21(24(30)32-14-18-4-3-11-31-18)12-16-13-22(28)26-20-6-2-1-5-19(16)20/h1-2,5-10,13,18,21H,3-4,11-12,14H2,(H,26,28)(H,27,29)/t18-,21?/m0/s1. The van der Waals surface area contributed by atoms with Gasteiger partial charge in [0.1, 0.15) is 6.04 Å². The summed E-state index contributed by atoms with van der Waals surface area (Å²) in [5, 5.41) is 4.06. The van der Waals surface area contributed by atoms with Crippen LogP contribution >= 0.6 is 23.4 Å². The topological polar surface area (TPSA) is 88.3 Å². The zero-order chi connectivity index (χ0) is 22.5. The predicted octanol–water partition coefficient (Wildman–Crippen LogP) is 3.96. The van der Waals surface area contributed by atoms with E-state index in [1.54, 1.807) is 24.3 Å². The number of H-pyrrole nitrogens is 1. The Bertz CT molecular complexity index is 1170. The molecule has 2 atom stereocenters. The molecule has 1 aliphatic rings. The fraction of sp³-hybridized carbons (Fsp3) is 0.292. The third kappa shape index (κ3) is 5.59. The lowest BCUT2D eigenvalue weighted by Crippen LogP contribution is -2.41. The molecule has 1 unspecified atom stereocenters. The minimum absolute atomic E-state index is 0.0527. The van der Waals surface area contributed by atoms with Gasteiger partial charge in [-0.05, 0) is 48.7 Å². The van der Waals surface area contributed by atoms with E-state index in [9.17, 15) is 14.4 Å². The number of para-hydroxylation sites is 1. The average molecular weight is 471 g/mol. The van der Waals surface area contributed by atoms with Crippen LogP contribution in [-0.2, 0) is 16.0 Å². The number of nitrogens with one attached hydrogen (secondary N) is 2. The highest BCUT2D eigenvalue weighted by Crippen LogP contribution is 2.22. The Labute approximate surface area is 194 Å². The van der Waals surface area contributed by atoms with E-state index < -0.39 is 6.04 Å². The van der Waals surface area contributed by atoms with Crippen LogP contribution in [0.5, 0.6) is 0 Å². The maximum atomic E-state index is 13.1. The average Bonchev–Trinajstić information content (AvgIpc) is 3.31. The Kier molecular flexibility index (Phi) is 7.29. The number of amides is 1. The van der Waals surface area contributed by atoms with Crippen molar-refractivity contribution in [2.75, 3.05) is 12.4 Å². The van der Waals surface area contributed by atoms with Crippen molar-refractivity contribution in [3.05, 3.63) is 81.1 Å². The van der Waals surface area contributed by atoms with Crippen molar-refractivity contribution in [2.24, 2.45) is 0 Å². The number of ether oxygens (including phenoxy) is 1. The van der Waals surface area contributed by atoms with Crippen LogP contribution in [0.1, 0.15) is 28.8 Å². The number of aromatic nitrogens is 1. The third-order valence-corrected chi connectivity index (χ3v) is 6.75. The summed E-state index contributed by atoms with van der Waals surface area (Å²) in [6, 6.07) is 14.6. The van der Waals surface area contributed by atoms with Gasteiger partial charge in [0.15, 0.2) is 0 Å². The number of pyridine rings is 1. The van der Waals surface area contributed by atoms with Crippen LogP contribution in [0.3, 0.4) is 0 Å². The molecular formula is C24H23ClN2O4S. The minimum atomic E-state index is -0.796. The summed E-state index contributed by atoms with van der Waals surface area (Å²) in [6.07, 6.45) is 2.19. The molecule has 0 bridgehead atoms. The van der Waals surface area contributed by atoms with Crippen LogP contribution in [0.2, 0.25) is 5.02 Å². The van der Waals surface area contributed by atoms with Crippen molar-refractivity contribution in [3.63, 3.8) is 0 Å². The highest BCUT2D eigenvalue weighted by molar-refractivity contribution is 8.13. The predicted molar refractivity (Wildman–Crippen MR) is 127 cm³/mol. The number of carbonyl (C=O) groups excluding carboxylic acids is 2.